The van der Waals surface area contributed by atoms with Crippen molar-refractivity contribution in [1.82, 2.24) is 14.3 Å². The van der Waals surface area contributed by atoms with Gasteiger partial charge in [0, 0.05) is 41.9 Å². The number of likely N-dealkylation sites (tertiary alicyclic amines) is 1. The number of amides is 1. The van der Waals surface area contributed by atoms with Gasteiger partial charge in [0.05, 0.1) is 6.54 Å². The molecule has 3 heterocycles. The largest absolute Gasteiger partial charge is 0.335 e. The number of hydrogen-bond donors (Lipinski definition) is 0. The summed E-state index contributed by atoms with van der Waals surface area (Å²) in [6.07, 6.45) is 5.52. The van der Waals surface area contributed by atoms with Crippen LogP contribution in [0.4, 0.5) is 4.39 Å². The van der Waals surface area contributed by atoms with Crippen LogP contribution in [0.1, 0.15) is 30.8 Å². The lowest BCUT2D eigenvalue weighted by molar-refractivity contribution is -0.127. The summed E-state index contributed by atoms with van der Waals surface area (Å²) in [5, 5.41) is 0. The Kier molecular flexibility index (Phi) is 3.80. The minimum Gasteiger partial charge on any atom is -0.335 e. The molecule has 1 fully saturated rings. The van der Waals surface area contributed by atoms with Gasteiger partial charge < -0.3 is 9.30 Å². The van der Waals surface area contributed by atoms with Crippen molar-refractivity contribution in [3.8, 4) is 0 Å². The van der Waals surface area contributed by atoms with E-state index in [1.54, 1.807) is 11.1 Å². The predicted molar refractivity (Wildman–Crippen MR) is 99.4 cm³/mol. The van der Waals surface area contributed by atoms with Crippen LogP contribution in [-0.2, 0) is 4.79 Å². The van der Waals surface area contributed by atoms with Gasteiger partial charge in [-0.05, 0) is 25.3 Å². The van der Waals surface area contributed by atoms with E-state index in [0.717, 1.165) is 0 Å². The molecule has 1 amide bonds. The number of nitrogens with zero attached hydrogens (tertiary/aromatic N) is 4. The summed E-state index contributed by atoms with van der Waals surface area (Å²) >= 11 is 0. The monoisotopic (exact) mass is 368 g/mol. The maximum Gasteiger partial charge on any atom is 0.274 e. The predicted octanol–water partition coefficient (Wildman–Crippen LogP) is 2.54. The lowest BCUT2D eigenvalue weighted by Crippen LogP contribution is -2.61. The van der Waals surface area contributed by atoms with Gasteiger partial charge in [0.2, 0.25) is 0 Å². The van der Waals surface area contributed by atoms with Crippen molar-refractivity contribution in [2.45, 2.75) is 20.3 Å². The summed E-state index contributed by atoms with van der Waals surface area (Å²) in [5.41, 5.74) is 0.803. The standard InChI is InChI=1S/C20H21FN4O2/c1-19(2)10-20(6-13(7-22-3)17(19)26)11-25(12-20)18(27)15-9-24-8-14(21)4-5-16(24)23-15/h4-6,8-9H,3,7,10-12H2,1-2H3. The average Bonchev–Trinajstić information content (AvgIpc) is 2.99. The number of rotatable bonds is 3. The Hall–Kier alpha value is -2.83. The Morgan fingerprint density at radius 2 is 2.07 bits per heavy atom. The van der Waals surface area contributed by atoms with E-state index in [-0.39, 0.29) is 22.9 Å². The normalized spacial score (nSPS) is 20.5. The quantitative estimate of drug-likeness (QED) is 0.782. The van der Waals surface area contributed by atoms with Gasteiger partial charge in [-0.2, -0.15) is 0 Å². The third-order valence-corrected chi connectivity index (χ3v) is 5.40. The fourth-order valence-corrected chi connectivity index (χ4v) is 4.41. The molecule has 1 saturated heterocycles. The van der Waals surface area contributed by atoms with Gasteiger partial charge >= 0.3 is 0 Å². The molecule has 0 aromatic carbocycles. The zero-order valence-electron chi connectivity index (χ0n) is 15.4. The second-order valence-electron chi connectivity index (χ2n) is 8.20. The lowest BCUT2D eigenvalue weighted by atomic mass is 9.61. The molecule has 4 rings (SSSR count). The third-order valence-electron chi connectivity index (χ3n) is 5.40. The van der Waals surface area contributed by atoms with Crippen molar-refractivity contribution in [3.63, 3.8) is 0 Å². The molecule has 0 saturated carbocycles. The first-order valence-electron chi connectivity index (χ1n) is 8.86. The second-order valence-corrected chi connectivity index (χ2v) is 8.20. The van der Waals surface area contributed by atoms with Gasteiger partial charge in [-0.1, -0.05) is 19.9 Å². The van der Waals surface area contributed by atoms with Crippen molar-refractivity contribution in [2.75, 3.05) is 19.6 Å². The summed E-state index contributed by atoms with van der Waals surface area (Å²) in [4.78, 5) is 35.2. The Morgan fingerprint density at radius 3 is 2.78 bits per heavy atom. The van der Waals surface area contributed by atoms with Crippen LogP contribution in [0.5, 0.6) is 0 Å². The number of aromatic nitrogens is 2. The molecular formula is C20H21FN4O2. The van der Waals surface area contributed by atoms with E-state index in [0.29, 0.717) is 43.0 Å². The summed E-state index contributed by atoms with van der Waals surface area (Å²) in [5.74, 6) is -0.465. The van der Waals surface area contributed by atoms with E-state index in [2.05, 4.69) is 16.7 Å². The maximum atomic E-state index is 13.3. The van der Waals surface area contributed by atoms with E-state index in [1.165, 1.54) is 22.7 Å². The summed E-state index contributed by atoms with van der Waals surface area (Å²) in [6.45, 7) is 8.74. The molecule has 1 spiro atoms. The summed E-state index contributed by atoms with van der Waals surface area (Å²) in [7, 11) is 0. The van der Waals surface area contributed by atoms with E-state index < -0.39 is 5.41 Å². The number of pyridine rings is 1. The molecule has 7 heteroatoms. The second kappa shape index (κ2) is 5.84. The van der Waals surface area contributed by atoms with Crippen molar-refractivity contribution in [1.29, 1.82) is 0 Å². The van der Waals surface area contributed by atoms with Crippen molar-refractivity contribution in [2.24, 2.45) is 15.8 Å². The van der Waals surface area contributed by atoms with Crippen LogP contribution < -0.4 is 0 Å². The third kappa shape index (κ3) is 2.87. The van der Waals surface area contributed by atoms with Crippen LogP contribution in [0.15, 0.2) is 41.2 Å². The van der Waals surface area contributed by atoms with Gasteiger partial charge in [0.1, 0.15) is 17.2 Å². The van der Waals surface area contributed by atoms with E-state index in [4.69, 9.17) is 0 Å². The van der Waals surface area contributed by atoms with Gasteiger partial charge in [-0.3, -0.25) is 14.6 Å². The number of halogens is 1. The van der Waals surface area contributed by atoms with E-state index in [1.807, 2.05) is 19.9 Å². The molecule has 1 aliphatic heterocycles. The zero-order chi connectivity index (χ0) is 19.4. The maximum absolute atomic E-state index is 13.3. The Morgan fingerprint density at radius 1 is 1.33 bits per heavy atom. The fraction of sp³-hybridized carbons (Fsp3) is 0.400. The van der Waals surface area contributed by atoms with Crippen LogP contribution in [-0.4, -0.2) is 52.3 Å². The van der Waals surface area contributed by atoms with Crippen LogP contribution >= 0.6 is 0 Å². The smallest absolute Gasteiger partial charge is 0.274 e. The first-order valence-corrected chi connectivity index (χ1v) is 8.86. The molecular weight excluding hydrogens is 347 g/mol. The topological polar surface area (TPSA) is 67.0 Å². The molecule has 2 aromatic rings. The molecule has 6 nitrogen and oxygen atoms in total. The molecule has 1 aliphatic carbocycles. The first-order chi connectivity index (χ1) is 12.7. The number of Topliss-reactive ketones (excluding diaryl/α,β-unsaturated/α-hetero) is 1. The molecule has 0 radical (unpaired) electrons. The Balaban J connectivity index is 1.56. The van der Waals surface area contributed by atoms with Crippen molar-refractivity contribution >= 4 is 24.1 Å². The Bertz CT molecular complexity index is 999. The Labute approximate surface area is 156 Å². The average molecular weight is 368 g/mol. The molecule has 140 valence electrons. The number of aliphatic imine (C=N–C) groups is 1. The van der Waals surface area contributed by atoms with Crippen molar-refractivity contribution in [3.05, 3.63) is 47.7 Å². The number of imidazole rings is 1. The number of hydrogen-bond acceptors (Lipinski definition) is 4. The molecule has 2 aliphatic rings. The summed E-state index contributed by atoms with van der Waals surface area (Å²) in [6, 6.07) is 2.85. The number of carbonyl (C=O) groups is 2. The molecule has 2 aromatic heterocycles. The molecule has 0 N–H and O–H groups in total. The molecule has 0 unspecified atom stereocenters. The van der Waals surface area contributed by atoms with E-state index >= 15 is 0 Å². The van der Waals surface area contributed by atoms with Gasteiger partial charge in [-0.25, -0.2) is 9.37 Å². The highest BCUT2D eigenvalue weighted by atomic mass is 19.1. The molecule has 0 atom stereocenters. The SMILES string of the molecule is C=NCC1=CC2(CN(C(=O)c3cn4cc(F)ccc4n3)C2)CC(C)(C)C1=O. The first kappa shape index (κ1) is 17.6. The van der Waals surface area contributed by atoms with Gasteiger partial charge in [0.15, 0.2) is 5.78 Å². The van der Waals surface area contributed by atoms with Crippen LogP contribution in [0.25, 0.3) is 5.65 Å². The minimum absolute atomic E-state index is 0.104. The van der Waals surface area contributed by atoms with Crippen LogP contribution in [0, 0.1) is 16.6 Å². The fourth-order valence-electron chi connectivity index (χ4n) is 4.41. The number of carbonyl (C=O) groups excluding carboxylic acids is 2. The highest BCUT2D eigenvalue weighted by molar-refractivity contribution is 6.01. The number of fused-ring (bicyclic) bond motifs is 1. The lowest BCUT2D eigenvalue weighted by Gasteiger charge is -2.53. The molecule has 27 heavy (non-hydrogen) atoms. The van der Waals surface area contributed by atoms with Crippen molar-refractivity contribution < 1.29 is 14.0 Å². The number of ketones is 1. The zero-order valence-corrected chi connectivity index (χ0v) is 15.4. The van der Waals surface area contributed by atoms with Crippen LogP contribution in [0.2, 0.25) is 0 Å². The van der Waals surface area contributed by atoms with Crippen LogP contribution in [0.3, 0.4) is 0 Å². The highest BCUT2D eigenvalue weighted by Crippen LogP contribution is 2.48. The van der Waals surface area contributed by atoms with Gasteiger partial charge in [0.25, 0.3) is 5.91 Å². The summed E-state index contributed by atoms with van der Waals surface area (Å²) < 4.78 is 14.8. The molecule has 0 bridgehead atoms. The highest BCUT2D eigenvalue weighted by Gasteiger charge is 2.52. The van der Waals surface area contributed by atoms with Gasteiger partial charge in [-0.15, -0.1) is 0 Å². The minimum atomic E-state index is -0.482. The van der Waals surface area contributed by atoms with E-state index in [9.17, 15) is 14.0 Å².